The maximum atomic E-state index is 12.6. The average molecular weight is 393 g/mol. The third-order valence-corrected chi connectivity index (χ3v) is 5.08. The SMILES string of the molecule is COc1ccc(NC(=O)c2ccc3cnc(NC4CCC(O)CC4)nc3c2)cn1. The summed E-state index contributed by atoms with van der Waals surface area (Å²) in [6.07, 6.45) is 6.45. The predicted octanol–water partition coefficient (Wildman–Crippen LogP) is 3.00. The number of nitrogens with zero attached hydrogens (tertiary/aromatic N) is 3. The fourth-order valence-corrected chi connectivity index (χ4v) is 3.42. The third-order valence-electron chi connectivity index (χ3n) is 5.08. The number of methoxy groups -OCH3 is 1. The number of aliphatic hydroxyl groups is 1. The Labute approximate surface area is 168 Å². The van der Waals surface area contributed by atoms with Gasteiger partial charge in [0, 0.05) is 29.3 Å². The maximum Gasteiger partial charge on any atom is 0.255 e. The van der Waals surface area contributed by atoms with Crippen LogP contribution in [0.5, 0.6) is 5.88 Å². The van der Waals surface area contributed by atoms with E-state index in [4.69, 9.17) is 4.74 Å². The van der Waals surface area contributed by atoms with Crippen molar-refractivity contribution in [1.29, 1.82) is 0 Å². The van der Waals surface area contributed by atoms with Gasteiger partial charge in [-0.3, -0.25) is 4.79 Å². The molecule has 3 N–H and O–H groups in total. The summed E-state index contributed by atoms with van der Waals surface area (Å²) >= 11 is 0. The van der Waals surface area contributed by atoms with E-state index in [1.165, 1.54) is 7.11 Å². The summed E-state index contributed by atoms with van der Waals surface area (Å²) in [6, 6.07) is 9.00. The fourth-order valence-electron chi connectivity index (χ4n) is 3.42. The number of hydrogen-bond acceptors (Lipinski definition) is 7. The molecule has 1 saturated carbocycles. The Bertz CT molecular complexity index is 1000. The van der Waals surface area contributed by atoms with Gasteiger partial charge < -0.3 is 20.5 Å². The Morgan fingerprint density at radius 1 is 1.10 bits per heavy atom. The first-order valence-electron chi connectivity index (χ1n) is 9.63. The summed E-state index contributed by atoms with van der Waals surface area (Å²) in [6.45, 7) is 0. The zero-order valence-electron chi connectivity index (χ0n) is 16.1. The third kappa shape index (κ3) is 4.60. The van der Waals surface area contributed by atoms with Crippen molar-refractivity contribution in [2.24, 2.45) is 0 Å². The van der Waals surface area contributed by atoms with E-state index in [1.807, 2.05) is 6.07 Å². The normalized spacial score (nSPS) is 19.0. The van der Waals surface area contributed by atoms with Crippen molar-refractivity contribution < 1.29 is 14.6 Å². The molecule has 1 aliphatic rings. The molecule has 0 aliphatic heterocycles. The average Bonchev–Trinajstić information content (AvgIpc) is 2.75. The van der Waals surface area contributed by atoms with Gasteiger partial charge in [0.2, 0.25) is 11.8 Å². The number of anilines is 2. The zero-order valence-corrected chi connectivity index (χ0v) is 16.1. The van der Waals surface area contributed by atoms with Crippen LogP contribution in [0.4, 0.5) is 11.6 Å². The topological polar surface area (TPSA) is 109 Å². The molecule has 4 rings (SSSR count). The summed E-state index contributed by atoms with van der Waals surface area (Å²) < 4.78 is 5.02. The summed E-state index contributed by atoms with van der Waals surface area (Å²) in [7, 11) is 1.54. The lowest BCUT2D eigenvalue weighted by Crippen LogP contribution is -2.28. The number of nitrogens with one attached hydrogen (secondary N) is 2. The van der Waals surface area contributed by atoms with Crippen LogP contribution < -0.4 is 15.4 Å². The van der Waals surface area contributed by atoms with E-state index >= 15 is 0 Å². The van der Waals surface area contributed by atoms with Gasteiger partial charge in [0.15, 0.2) is 0 Å². The van der Waals surface area contributed by atoms with Gasteiger partial charge in [0.25, 0.3) is 5.91 Å². The molecule has 1 aliphatic carbocycles. The first kappa shape index (κ1) is 19.1. The highest BCUT2D eigenvalue weighted by Gasteiger charge is 2.20. The number of ether oxygens (including phenoxy) is 1. The van der Waals surface area contributed by atoms with Crippen LogP contribution in [-0.2, 0) is 0 Å². The van der Waals surface area contributed by atoms with E-state index in [1.54, 1.807) is 36.7 Å². The zero-order chi connectivity index (χ0) is 20.2. The van der Waals surface area contributed by atoms with E-state index in [0.717, 1.165) is 31.1 Å². The molecular formula is C21H23N5O3. The number of aliphatic hydroxyl groups excluding tert-OH is 1. The highest BCUT2D eigenvalue weighted by atomic mass is 16.5. The number of rotatable bonds is 5. The molecule has 2 heterocycles. The highest BCUT2D eigenvalue weighted by Crippen LogP contribution is 2.22. The molecule has 0 spiro atoms. The summed E-state index contributed by atoms with van der Waals surface area (Å²) in [4.78, 5) is 25.6. The molecule has 150 valence electrons. The molecule has 1 amide bonds. The van der Waals surface area contributed by atoms with E-state index in [-0.39, 0.29) is 18.1 Å². The fraction of sp³-hybridized carbons (Fsp3) is 0.333. The molecule has 8 heteroatoms. The van der Waals surface area contributed by atoms with Gasteiger partial charge >= 0.3 is 0 Å². The first-order valence-corrected chi connectivity index (χ1v) is 9.63. The van der Waals surface area contributed by atoms with Crippen LogP contribution in [0.3, 0.4) is 0 Å². The second-order valence-electron chi connectivity index (χ2n) is 7.16. The quantitative estimate of drug-likeness (QED) is 0.611. The predicted molar refractivity (Wildman–Crippen MR) is 110 cm³/mol. The minimum Gasteiger partial charge on any atom is -0.481 e. The number of hydrogen-bond donors (Lipinski definition) is 3. The van der Waals surface area contributed by atoms with Gasteiger partial charge in [-0.05, 0) is 43.9 Å². The Morgan fingerprint density at radius 2 is 1.93 bits per heavy atom. The molecule has 3 aromatic rings. The molecular weight excluding hydrogens is 370 g/mol. The number of carbonyl (C=O) groups is 1. The smallest absolute Gasteiger partial charge is 0.255 e. The van der Waals surface area contributed by atoms with Crippen LogP contribution in [0, 0.1) is 0 Å². The number of aromatic nitrogens is 3. The van der Waals surface area contributed by atoms with Crippen molar-refractivity contribution in [3.05, 3.63) is 48.3 Å². The van der Waals surface area contributed by atoms with Crippen LogP contribution in [0.25, 0.3) is 10.9 Å². The summed E-state index contributed by atoms with van der Waals surface area (Å²) in [5, 5.41) is 16.7. The Balaban J connectivity index is 1.48. The van der Waals surface area contributed by atoms with Gasteiger partial charge in [-0.25, -0.2) is 15.0 Å². The van der Waals surface area contributed by atoms with Gasteiger partial charge in [-0.2, -0.15) is 0 Å². The Kier molecular flexibility index (Phi) is 5.53. The van der Waals surface area contributed by atoms with Crippen LogP contribution in [0.2, 0.25) is 0 Å². The van der Waals surface area contributed by atoms with Gasteiger partial charge in [-0.1, -0.05) is 6.07 Å². The molecule has 0 unspecified atom stereocenters. The van der Waals surface area contributed by atoms with E-state index < -0.39 is 0 Å². The Hall–Kier alpha value is -3.26. The van der Waals surface area contributed by atoms with Gasteiger partial charge in [0.1, 0.15) is 0 Å². The van der Waals surface area contributed by atoms with E-state index in [9.17, 15) is 9.90 Å². The van der Waals surface area contributed by atoms with Gasteiger partial charge in [0.05, 0.1) is 30.6 Å². The lowest BCUT2D eigenvalue weighted by atomic mass is 9.93. The summed E-state index contributed by atoms with van der Waals surface area (Å²) in [5.41, 5.74) is 1.78. The lowest BCUT2D eigenvalue weighted by Gasteiger charge is -2.26. The highest BCUT2D eigenvalue weighted by molar-refractivity contribution is 6.06. The molecule has 0 atom stereocenters. The van der Waals surface area contributed by atoms with E-state index in [2.05, 4.69) is 25.6 Å². The monoisotopic (exact) mass is 393 g/mol. The van der Waals surface area contributed by atoms with Crippen LogP contribution in [-0.4, -0.2) is 45.2 Å². The first-order chi connectivity index (χ1) is 14.1. The summed E-state index contributed by atoms with van der Waals surface area (Å²) in [5.74, 6) is 0.780. The van der Waals surface area contributed by atoms with Crippen LogP contribution >= 0.6 is 0 Å². The van der Waals surface area contributed by atoms with Crippen molar-refractivity contribution in [3.63, 3.8) is 0 Å². The maximum absolute atomic E-state index is 12.6. The van der Waals surface area contributed by atoms with Crippen LogP contribution in [0.1, 0.15) is 36.0 Å². The lowest BCUT2D eigenvalue weighted by molar-refractivity contribution is 0.102. The number of fused-ring (bicyclic) bond motifs is 1. The van der Waals surface area contributed by atoms with Crippen molar-refractivity contribution in [2.45, 2.75) is 37.8 Å². The van der Waals surface area contributed by atoms with Gasteiger partial charge in [-0.15, -0.1) is 0 Å². The molecule has 0 radical (unpaired) electrons. The molecule has 1 fully saturated rings. The number of carbonyl (C=O) groups excluding carboxylic acids is 1. The minimum atomic E-state index is -0.242. The molecule has 0 bridgehead atoms. The standard InChI is InChI=1S/C21H23N5O3/c1-29-19-9-6-16(12-22-19)24-20(28)13-2-3-14-11-23-21(26-18(14)10-13)25-15-4-7-17(27)8-5-15/h2-3,6,9-12,15,17,27H,4-5,7-8H2,1H3,(H,24,28)(H,23,25,26). The van der Waals surface area contributed by atoms with Crippen molar-refractivity contribution in [2.75, 3.05) is 17.7 Å². The molecule has 0 saturated heterocycles. The molecule has 2 aromatic heterocycles. The van der Waals surface area contributed by atoms with Crippen molar-refractivity contribution in [3.8, 4) is 5.88 Å². The van der Waals surface area contributed by atoms with E-state index in [0.29, 0.717) is 28.6 Å². The molecule has 1 aromatic carbocycles. The second kappa shape index (κ2) is 8.40. The second-order valence-corrected chi connectivity index (χ2v) is 7.16. The largest absolute Gasteiger partial charge is 0.481 e. The molecule has 8 nitrogen and oxygen atoms in total. The van der Waals surface area contributed by atoms with Crippen molar-refractivity contribution >= 4 is 28.4 Å². The number of benzene rings is 1. The minimum absolute atomic E-state index is 0.201. The van der Waals surface area contributed by atoms with Crippen LogP contribution in [0.15, 0.2) is 42.7 Å². The molecule has 29 heavy (non-hydrogen) atoms. The van der Waals surface area contributed by atoms with Crippen molar-refractivity contribution in [1.82, 2.24) is 15.0 Å². The number of pyridine rings is 1. The number of amides is 1. The Morgan fingerprint density at radius 3 is 2.66 bits per heavy atom.